The molecule has 18 radical (unpaired) electrons. The molecule has 0 amide bonds. The van der Waals surface area contributed by atoms with Gasteiger partial charge in [0.2, 0.25) is 0 Å². The normalized spacial score (nSPS) is 9.75. The average Bonchev–Trinajstić information content (AvgIpc) is 2.45. The molecule has 0 aliphatic carbocycles. The van der Waals surface area contributed by atoms with Gasteiger partial charge in [-0.3, -0.25) is 0 Å². The Kier molecular flexibility index (Phi) is 177. The smallest absolute Gasteiger partial charge is 0.0701 e. The van der Waals surface area contributed by atoms with E-state index >= 15 is 0 Å². The Labute approximate surface area is 210 Å². The van der Waals surface area contributed by atoms with Crippen molar-refractivity contribution in [3.05, 3.63) is 101 Å². The molecule has 0 spiro atoms. The van der Waals surface area contributed by atoms with E-state index in [0.29, 0.717) is 0 Å². The Hall–Kier alpha value is 2.37. The Morgan fingerprint density at radius 2 is 0.500 bits per heavy atom. The first kappa shape index (κ1) is 50.3. The molecule has 0 unspecified atom stereocenters. The molecule has 1 heterocycles. The van der Waals surface area contributed by atoms with Crippen LogP contribution in [0, 0.1) is 139 Å². The molecule has 2 nitrogen and oxygen atoms in total. The van der Waals surface area contributed by atoms with Crippen molar-refractivity contribution in [2.24, 2.45) is 0 Å². The average molecular weight is 472 g/mol. The van der Waals surface area contributed by atoms with E-state index in [-0.39, 0.29) is 75.5 Å². The minimum Gasteiger partial charge on any atom is -0.377 e. The molecule has 1 saturated heterocycles. The fourth-order valence-corrected chi connectivity index (χ4v) is 0.440. The molecule has 5 heteroatoms. The van der Waals surface area contributed by atoms with Crippen molar-refractivity contribution in [2.45, 2.75) is 0 Å². The molecular weight excluding hydrogens is 439 g/mol. The molecule has 0 aromatic heterocycles. The second kappa shape index (κ2) is 84.3. The SMILES string of the molecule is C1COCCO1.[CH2][CH][CH2].[CH2][CH][CH2].[CH2][CH][CH2].[CH2][CH][CH2].[CH2][CH][CH2].[Ho].[Li].[Li]. The molecule has 0 saturated carbocycles. The van der Waals surface area contributed by atoms with Gasteiger partial charge in [0.15, 0.2) is 0 Å². The van der Waals surface area contributed by atoms with Crippen LogP contribution in [0.25, 0.3) is 0 Å². The topological polar surface area (TPSA) is 18.5 Å². The van der Waals surface area contributed by atoms with Crippen LogP contribution in [0.3, 0.4) is 0 Å². The Morgan fingerprint density at radius 3 is 0.542 bits per heavy atom. The molecule has 1 rings (SSSR count). The van der Waals surface area contributed by atoms with Crippen molar-refractivity contribution < 1.29 is 47.2 Å². The largest absolute Gasteiger partial charge is 0.377 e. The second-order valence-electron chi connectivity index (χ2n) is 2.67. The zero-order valence-electron chi connectivity index (χ0n) is 15.9. The first-order valence-electron chi connectivity index (χ1n) is 6.24. The van der Waals surface area contributed by atoms with Gasteiger partial charge in [-0.25, -0.2) is 0 Å². The minimum atomic E-state index is 0. The monoisotopic (exact) mass is 472 g/mol. The molecule has 0 aromatic rings. The predicted molar refractivity (Wildman–Crippen MR) is 108 cm³/mol. The summed E-state index contributed by atoms with van der Waals surface area (Å²) in [5.74, 6) is 0. The third-order valence-corrected chi connectivity index (χ3v) is 0.744. The van der Waals surface area contributed by atoms with Crippen LogP contribution in [0.5, 0.6) is 0 Å². The number of ether oxygens (including phenoxy) is 2. The van der Waals surface area contributed by atoms with Crippen molar-refractivity contribution in [1.82, 2.24) is 0 Å². The van der Waals surface area contributed by atoms with E-state index in [1.807, 2.05) is 0 Å². The van der Waals surface area contributed by atoms with Gasteiger partial charge in [-0.15, -0.1) is 0 Å². The van der Waals surface area contributed by atoms with E-state index in [1.165, 1.54) is 32.1 Å². The van der Waals surface area contributed by atoms with E-state index in [2.05, 4.69) is 69.2 Å². The van der Waals surface area contributed by atoms with Gasteiger partial charge >= 0.3 is 0 Å². The van der Waals surface area contributed by atoms with E-state index in [4.69, 9.17) is 9.47 Å². The maximum Gasteiger partial charge on any atom is 0.0701 e. The van der Waals surface area contributed by atoms with Crippen LogP contribution in [0.2, 0.25) is 0 Å². The van der Waals surface area contributed by atoms with Gasteiger partial charge in [-0.1, -0.05) is 0 Å². The number of hydrogen-bond donors (Lipinski definition) is 0. The molecule has 0 bridgehead atoms. The van der Waals surface area contributed by atoms with Crippen LogP contribution < -0.4 is 0 Å². The summed E-state index contributed by atoms with van der Waals surface area (Å²) in [5.41, 5.74) is 0. The summed E-state index contributed by atoms with van der Waals surface area (Å²) in [6, 6.07) is 0. The zero-order valence-corrected chi connectivity index (χ0v) is 17.8. The van der Waals surface area contributed by atoms with Crippen LogP contribution in [0.15, 0.2) is 0 Å². The summed E-state index contributed by atoms with van der Waals surface area (Å²) in [6.07, 6.45) is 7.50. The van der Waals surface area contributed by atoms with Crippen LogP contribution in [-0.2, 0) is 9.47 Å². The molecular formula is C19H33HoLi2O2. The Morgan fingerprint density at radius 1 is 0.417 bits per heavy atom. The first-order chi connectivity index (χ1) is 10.1. The van der Waals surface area contributed by atoms with E-state index in [0.717, 1.165) is 26.4 Å². The van der Waals surface area contributed by atoms with Gasteiger partial charge in [0, 0.05) is 75.5 Å². The Balaban J connectivity index is -0.0000000216. The summed E-state index contributed by atoms with van der Waals surface area (Å²) in [4.78, 5) is 0. The van der Waals surface area contributed by atoms with Crippen molar-refractivity contribution in [2.75, 3.05) is 26.4 Å². The zero-order chi connectivity index (χ0) is 17.8. The van der Waals surface area contributed by atoms with Gasteiger partial charge in [-0.2, -0.15) is 0 Å². The van der Waals surface area contributed by atoms with Crippen LogP contribution in [0.1, 0.15) is 0 Å². The molecule has 1 aliphatic heterocycles. The number of rotatable bonds is 0. The summed E-state index contributed by atoms with van der Waals surface area (Å²) in [6.45, 7) is 35.6. The van der Waals surface area contributed by atoms with Gasteiger partial charge in [0.05, 0.1) is 26.4 Å². The minimum absolute atomic E-state index is 0. The fraction of sp³-hybridized carbons (Fsp3) is 0.211. The van der Waals surface area contributed by atoms with E-state index < -0.39 is 0 Å². The molecule has 0 atom stereocenters. The molecule has 0 aromatic carbocycles. The first-order valence-corrected chi connectivity index (χ1v) is 6.24. The second-order valence-corrected chi connectivity index (χ2v) is 2.67. The van der Waals surface area contributed by atoms with Crippen molar-refractivity contribution in [3.63, 3.8) is 0 Å². The molecule has 1 aliphatic rings. The molecule has 24 heavy (non-hydrogen) atoms. The standard InChI is InChI=1S/C4H8O2.5C3H5.Ho.2Li/c1-2-6-4-3-5-1;5*1-3-2;;;/h1-4H2;5*3H,1-2H2;;;. The molecule has 134 valence electrons. The van der Waals surface area contributed by atoms with Crippen molar-refractivity contribution >= 4 is 37.7 Å². The van der Waals surface area contributed by atoms with Crippen molar-refractivity contribution in [1.29, 1.82) is 0 Å². The van der Waals surface area contributed by atoms with Gasteiger partial charge in [0.1, 0.15) is 0 Å². The van der Waals surface area contributed by atoms with Crippen LogP contribution in [-0.4, -0.2) is 64.1 Å². The summed E-state index contributed by atoms with van der Waals surface area (Å²) < 4.78 is 9.89. The van der Waals surface area contributed by atoms with Crippen molar-refractivity contribution in [3.8, 4) is 0 Å². The predicted octanol–water partition coefficient (Wildman–Crippen LogP) is 3.57. The third-order valence-electron chi connectivity index (χ3n) is 0.744. The summed E-state index contributed by atoms with van der Waals surface area (Å²) >= 11 is 0. The summed E-state index contributed by atoms with van der Waals surface area (Å²) in [7, 11) is 0. The molecule has 0 N–H and O–H groups in total. The summed E-state index contributed by atoms with van der Waals surface area (Å²) in [5, 5.41) is 0. The maximum absolute atomic E-state index is 4.94. The molecule has 1 fully saturated rings. The van der Waals surface area contributed by atoms with E-state index in [1.54, 1.807) is 0 Å². The van der Waals surface area contributed by atoms with Gasteiger partial charge in [0.25, 0.3) is 0 Å². The fourth-order valence-electron chi connectivity index (χ4n) is 0.440. The Bertz CT molecular complexity index is 74.3. The third kappa shape index (κ3) is 190. The van der Waals surface area contributed by atoms with Gasteiger partial charge < -0.3 is 9.47 Å². The van der Waals surface area contributed by atoms with Gasteiger partial charge in [-0.05, 0) is 101 Å². The van der Waals surface area contributed by atoms with E-state index in [9.17, 15) is 0 Å². The maximum atomic E-state index is 4.94. The quantitative estimate of drug-likeness (QED) is 0.503. The van der Waals surface area contributed by atoms with Crippen LogP contribution >= 0.6 is 0 Å². The number of hydrogen-bond acceptors (Lipinski definition) is 2. The van der Waals surface area contributed by atoms with Crippen LogP contribution in [0.4, 0.5) is 0 Å².